The first-order valence-electron chi connectivity index (χ1n) is 7.25. The zero-order chi connectivity index (χ0) is 14.3. The second-order valence-corrected chi connectivity index (χ2v) is 5.77. The van der Waals surface area contributed by atoms with E-state index >= 15 is 0 Å². The Morgan fingerprint density at radius 1 is 1.30 bits per heavy atom. The topological polar surface area (TPSA) is 67.4 Å². The second kappa shape index (κ2) is 5.05. The highest BCUT2D eigenvalue weighted by Gasteiger charge is 2.35. The van der Waals surface area contributed by atoms with Crippen LogP contribution in [0.2, 0.25) is 0 Å². The van der Waals surface area contributed by atoms with Crippen LogP contribution >= 0.6 is 0 Å². The Balaban J connectivity index is 1.82. The van der Waals surface area contributed by atoms with Gasteiger partial charge in [0.25, 0.3) is 0 Å². The van der Waals surface area contributed by atoms with Crippen LogP contribution < -0.4 is 4.90 Å². The maximum Gasteiger partial charge on any atom is 0.333 e. The maximum absolute atomic E-state index is 11.3. The van der Waals surface area contributed by atoms with Crippen molar-refractivity contribution in [3.63, 3.8) is 0 Å². The smallest absolute Gasteiger partial charge is 0.333 e. The van der Waals surface area contributed by atoms with E-state index in [1.165, 1.54) is 25.9 Å². The van der Waals surface area contributed by atoms with E-state index in [2.05, 4.69) is 14.9 Å². The molecule has 3 rings (SSSR count). The number of nitrogens with zero attached hydrogens (tertiary/aromatic N) is 5. The van der Waals surface area contributed by atoms with Crippen LogP contribution in [0.3, 0.4) is 0 Å². The minimum absolute atomic E-state index is 0.162. The van der Waals surface area contributed by atoms with Gasteiger partial charge >= 0.3 is 5.69 Å². The summed E-state index contributed by atoms with van der Waals surface area (Å²) in [7, 11) is 1.79. The summed E-state index contributed by atoms with van der Waals surface area (Å²) < 4.78 is 1.65. The zero-order valence-electron chi connectivity index (χ0n) is 12.1. The Hall–Kier alpha value is -1.63. The molecule has 20 heavy (non-hydrogen) atoms. The van der Waals surface area contributed by atoms with E-state index in [1.807, 2.05) is 0 Å². The van der Waals surface area contributed by atoms with Gasteiger partial charge in [0.15, 0.2) is 0 Å². The van der Waals surface area contributed by atoms with Crippen LogP contribution in [0.25, 0.3) is 0 Å². The Labute approximate surface area is 118 Å². The van der Waals surface area contributed by atoms with Gasteiger partial charge in [0, 0.05) is 26.2 Å². The molecule has 1 atom stereocenters. The van der Waals surface area contributed by atoms with Crippen molar-refractivity contribution in [2.45, 2.75) is 32.2 Å². The third-order valence-corrected chi connectivity index (χ3v) is 4.46. The number of aryl methyl sites for hydroxylation is 2. The molecule has 0 amide bonds. The fourth-order valence-corrected chi connectivity index (χ4v) is 3.54. The predicted octanol–water partition coefficient (Wildman–Crippen LogP) is 1.31. The Bertz CT molecular complexity index is 521. The minimum atomic E-state index is -0.305. The summed E-state index contributed by atoms with van der Waals surface area (Å²) in [6.45, 7) is 5.80. The largest absolute Gasteiger partial charge is 0.349 e. The number of hydrogen-bond donors (Lipinski definition) is 0. The van der Waals surface area contributed by atoms with Crippen LogP contribution in [0.15, 0.2) is 0 Å². The number of likely N-dealkylation sites (tertiary alicyclic amines) is 1. The molecule has 0 bridgehead atoms. The lowest BCUT2D eigenvalue weighted by Gasteiger charge is -2.24. The van der Waals surface area contributed by atoms with Crippen molar-refractivity contribution in [1.82, 2.24) is 14.7 Å². The molecule has 2 aliphatic rings. The molecule has 0 radical (unpaired) electrons. The minimum Gasteiger partial charge on any atom is -0.349 e. The highest BCUT2D eigenvalue weighted by atomic mass is 16.6. The molecule has 110 valence electrons. The Kier molecular flexibility index (Phi) is 3.37. The highest BCUT2D eigenvalue weighted by Crippen LogP contribution is 2.34. The zero-order valence-corrected chi connectivity index (χ0v) is 12.1. The molecular weight excluding hydrogens is 258 g/mol. The van der Waals surface area contributed by atoms with Gasteiger partial charge in [-0.3, -0.25) is 15.0 Å². The number of anilines is 1. The molecule has 2 aliphatic heterocycles. The van der Waals surface area contributed by atoms with E-state index in [0.717, 1.165) is 19.5 Å². The van der Waals surface area contributed by atoms with E-state index in [0.29, 0.717) is 17.6 Å². The van der Waals surface area contributed by atoms with E-state index in [9.17, 15) is 10.1 Å². The van der Waals surface area contributed by atoms with Crippen LogP contribution in [-0.4, -0.2) is 51.8 Å². The van der Waals surface area contributed by atoms with Crippen LogP contribution in [0.1, 0.15) is 25.0 Å². The lowest BCUT2D eigenvalue weighted by Crippen LogP contribution is -2.35. The van der Waals surface area contributed by atoms with Crippen molar-refractivity contribution in [2.75, 3.05) is 31.1 Å². The lowest BCUT2D eigenvalue weighted by molar-refractivity contribution is -0.384. The third kappa shape index (κ3) is 2.15. The second-order valence-electron chi connectivity index (χ2n) is 5.77. The summed E-state index contributed by atoms with van der Waals surface area (Å²) in [6, 6.07) is 0.535. The van der Waals surface area contributed by atoms with Gasteiger partial charge in [-0.25, -0.2) is 4.68 Å². The molecule has 1 aromatic heterocycles. The van der Waals surface area contributed by atoms with E-state index in [-0.39, 0.29) is 10.6 Å². The molecule has 2 saturated heterocycles. The van der Waals surface area contributed by atoms with Crippen molar-refractivity contribution >= 4 is 11.5 Å². The first-order valence-corrected chi connectivity index (χ1v) is 7.25. The molecule has 1 unspecified atom stereocenters. The van der Waals surface area contributed by atoms with Crippen LogP contribution in [0.5, 0.6) is 0 Å². The van der Waals surface area contributed by atoms with E-state index < -0.39 is 0 Å². The summed E-state index contributed by atoms with van der Waals surface area (Å²) in [5.41, 5.74) is 0.659. The van der Waals surface area contributed by atoms with Gasteiger partial charge in [-0.2, -0.15) is 5.10 Å². The van der Waals surface area contributed by atoms with Gasteiger partial charge in [0.05, 0.1) is 4.92 Å². The number of aromatic nitrogens is 2. The molecule has 0 spiro atoms. The maximum atomic E-state index is 11.3. The van der Waals surface area contributed by atoms with Crippen LogP contribution in [0.4, 0.5) is 11.5 Å². The number of rotatable bonds is 3. The molecule has 1 aromatic rings. The molecule has 2 fully saturated rings. The normalized spacial score (nSPS) is 23.7. The Morgan fingerprint density at radius 2 is 2.00 bits per heavy atom. The third-order valence-electron chi connectivity index (χ3n) is 4.46. The van der Waals surface area contributed by atoms with Gasteiger partial charge < -0.3 is 4.90 Å². The van der Waals surface area contributed by atoms with Gasteiger partial charge in [-0.1, -0.05) is 0 Å². The SMILES string of the molecule is Cc1nn(C)c(N2CCC(N3CCCC3)C2)c1[N+](=O)[O-]. The van der Waals surface area contributed by atoms with Gasteiger partial charge in [0.2, 0.25) is 5.82 Å². The molecule has 7 nitrogen and oxygen atoms in total. The average Bonchev–Trinajstić information content (AvgIpc) is 3.07. The number of hydrogen-bond acceptors (Lipinski definition) is 5. The molecule has 7 heteroatoms. The first-order chi connectivity index (χ1) is 9.58. The molecule has 0 saturated carbocycles. The van der Waals surface area contributed by atoms with Crippen molar-refractivity contribution in [1.29, 1.82) is 0 Å². The standard InChI is InChI=1S/C13H21N5O2/c1-10-12(18(19)20)13(15(2)14-10)17-8-5-11(9-17)16-6-3-4-7-16/h11H,3-9H2,1-2H3. The Morgan fingerprint density at radius 3 is 2.65 bits per heavy atom. The van der Waals surface area contributed by atoms with Crippen LogP contribution in [0, 0.1) is 17.0 Å². The fourth-order valence-electron chi connectivity index (χ4n) is 3.54. The predicted molar refractivity (Wildman–Crippen MR) is 76.0 cm³/mol. The monoisotopic (exact) mass is 279 g/mol. The van der Waals surface area contributed by atoms with Crippen molar-refractivity contribution in [3.05, 3.63) is 15.8 Å². The fraction of sp³-hybridized carbons (Fsp3) is 0.769. The molecule has 3 heterocycles. The van der Waals surface area contributed by atoms with Crippen molar-refractivity contribution in [3.8, 4) is 0 Å². The quantitative estimate of drug-likeness (QED) is 0.616. The van der Waals surface area contributed by atoms with E-state index in [1.54, 1.807) is 18.7 Å². The molecular formula is C13H21N5O2. The van der Waals surface area contributed by atoms with Crippen LogP contribution in [-0.2, 0) is 7.05 Å². The highest BCUT2D eigenvalue weighted by molar-refractivity contribution is 5.61. The summed E-state index contributed by atoms with van der Waals surface area (Å²) in [6.07, 6.45) is 3.64. The lowest BCUT2D eigenvalue weighted by atomic mass is 10.2. The van der Waals surface area contributed by atoms with Crippen molar-refractivity contribution in [2.24, 2.45) is 7.05 Å². The van der Waals surface area contributed by atoms with Crippen molar-refractivity contribution < 1.29 is 4.92 Å². The first kappa shape index (κ1) is 13.4. The average molecular weight is 279 g/mol. The summed E-state index contributed by atoms with van der Waals surface area (Å²) >= 11 is 0. The molecule has 0 aliphatic carbocycles. The van der Waals surface area contributed by atoms with E-state index in [4.69, 9.17) is 0 Å². The molecule has 0 N–H and O–H groups in total. The summed E-state index contributed by atoms with van der Waals surface area (Å²) in [4.78, 5) is 15.6. The summed E-state index contributed by atoms with van der Waals surface area (Å²) in [5, 5.41) is 15.5. The summed E-state index contributed by atoms with van der Waals surface area (Å²) in [5.74, 6) is 0.661. The van der Waals surface area contributed by atoms with Gasteiger partial charge in [-0.05, 0) is 39.3 Å². The van der Waals surface area contributed by atoms with Gasteiger partial charge in [-0.15, -0.1) is 0 Å². The molecule has 0 aromatic carbocycles. The van der Waals surface area contributed by atoms with Gasteiger partial charge in [0.1, 0.15) is 5.69 Å². The number of nitro groups is 1.